The molecule has 1 aliphatic carbocycles. The summed E-state index contributed by atoms with van der Waals surface area (Å²) in [4.78, 5) is 0. The van der Waals surface area contributed by atoms with Gasteiger partial charge in [-0.2, -0.15) is 0 Å². The molecule has 0 spiro atoms. The molecule has 0 heterocycles. The van der Waals surface area contributed by atoms with Crippen LogP contribution in [0.4, 0.5) is 0 Å². The van der Waals surface area contributed by atoms with E-state index in [0.29, 0.717) is 6.04 Å². The summed E-state index contributed by atoms with van der Waals surface area (Å²) in [5.41, 5.74) is 1.24. The summed E-state index contributed by atoms with van der Waals surface area (Å²) in [6.45, 7) is 5.07. The van der Waals surface area contributed by atoms with Crippen LogP contribution in [0.1, 0.15) is 25.8 Å². The Kier molecular flexibility index (Phi) is 3.64. The summed E-state index contributed by atoms with van der Waals surface area (Å²) in [5.74, 6) is 0.888. The third-order valence-corrected chi connectivity index (χ3v) is 4.88. The molecule has 0 aromatic heterocycles. The van der Waals surface area contributed by atoms with Gasteiger partial charge in [-0.05, 0) is 41.0 Å². The van der Waals surface area contributed by atoms with Crippen LogP contribution < -0.4 is 10.1 Å². The lowest BCUT2D eigenvalue weighted by Gasteiger charge is -2.49. The summed E-state index contributed by atoms with van der Waals surface area (Å²) in [7, 11) is 1.69. The summed E-state index contributed by atoms with van der Waals surface area (Å²) >= 11 is 0. The number of hydrogen-bond donors (Lipinski definition) is 2. The van der Waals surface area contributed by atoms with Crippen molar-refractivity contribution in [1.82, 2.24) is 5.32 Å². The number of benzene rings is 2. The molecular formula is C18H23NO2. The van der Waals surface area contributed by atoms with Gasteiger partial charge >= 0.3 is 0 Å². The fourth-order valence-corrected chi connectivity index (χ4v) is 3.00. The standard InChI is InChI=1S/C18H23NO2/c1-18(2)16(10-17(18)20)19-11-12-4-5-14-9-15(21-3)7-6-13(14)8-12/h4-9,16-17,19-20H,10-11H2,1-3H3. The van der Waals surface area contributed by atoms with Crippen LogP contribution in [-0.4, -0.2) is 24.4 Å². The molecule has 1 aliphatic rings. The summed E-state index contributed by atoms with van der Waals surface area (Å²) in [6.07, 6.45) is 0.664. The first-order chi connectivity index (χ1) is 10.0. The van der Waals surface area contributed by atoms with Crippen LogP contribution in [-0.2, 0) is 6.54 Å². The molecule has 2 unspecified atom stereocenters. The number of aliphatic hydroxyl groups is 1. The zero-order valence-corrected chi connectivity index (χ0v) is 12.9. The molecule has 21 heavy (non-hydrogen) atoms. The SMILES string of the molecule is COc1ccc2cc(CNC3CC(O)C3(C)C)ccc2c1. The zero-order valence-electron chi connectivity index (χ0n) is 12.9. The van der Waals surface area contributed by atoms with Crippen molar-refractivity contribution in [2.75, 3.05) is 7.11 Å². The third kappa shape index (κ3) is 2.63. The van der Waals surface area contributed by atoms with Gasteiger partial charge in [-0.3, -0.25) is 0 Å². The van der Waals surface area contributed by atoms with Gasteiger partial charge in [0, 0.05) is 18.0 Å². The van der Waals surface area contributed by atoms with Crippen molar-refractivity contribution in [2.45, 2.75) is 39.0 Å². The van der Waals surface area contributed by atoms with E-state index in [-0.39, 0.29) is 11.5 Å². The van der Waals surface area contributed by atoms with Gasteiger partial charge in [-0.15, -0.1) is 0 Å². The zero-order chi connectivity index (χ0) is 15.0. The van der Waals surface area contributed by atoms with Crippen LogP contribution >= 0.6 is 0 Å². The van der Waals surface area contributed by atoms with Gasteiger partial charge in [0.2, 0.25) is 0 Å². The molecule has 3 rings (SSSR count). The molecule has 1 fully saturated rings. The highest BCUT2D eigenvalue weighted by Gasteiger charge is 2.46. The predicted molar refractivity (Wildman–Crippen MR) is 85.5 cm³/mol. The Morgan fingerprint density at radius 1 is 1.19 bits per heavy atom. The predicted octanol–water partition coefficient (Wildman–Crippen LogP) is 3.10. The molecule has 0 amide bonds. The maximum absolute atomic E-state index is 9.78. The molecule has 2 aromatic carbocycles. The minimum atomic E-state index is -0.181. The molecule has 1 saturated carbocycles. The van der Waals surface area contributed by atoms with Gasteiger partial charge in [0.05, 0.1) is 13.2 Å². The fraction of sp³-hybridized carbons (Fsp3) is 0.444. The second-order valence-electron chi connectivity index (χ2n) is 6.55. The number of hydrogen-bond acceptors (Lipinski definition) is 3. The fourth-order valence-electron chi connectivity index (χ4n) is 3.00. The number of ether oxygens (including phenoxy) is 1. The smallest absolute Gasteiger partial charge is 0.119 e. The molecule has 0 bridgehead atoms. The van der Waals surface area contributed by atoms with E-state index < -0.39 is 0 Å². The van der Waals surface area contributed by atoms with E-state index in [0.717, 1.165) is 18.7 Å². The molecular weight excluding hydrogens is 262 g/mol. The molecule has 0 aliphatic heterocycles. The van der Waals surface area contributed by atoms with Crippen molar-refractivity contribution in [3.05, 3.63) is 42.0 Å². The quantitative estimate of drug-likeness (QED) is 0.907. The molecule has 0 radical (unpaired) electrons. The van der Waals surface area contributed by atoms with E-state index >= 15 is 0 Å². The van der Waals surface area contributed by atoms with Crippen molar-refractivity contribution in [3.63, 3.8) is 0 Å². The average Bonchev–Trinajstić information content (AvgIpc) is 2.50. The van der Waals surface area contributed by atoms with Crippen LogP contribution in [0.5, 0.6) is 5.75 Å². The highest BCUT2D eigenvalue weighted by atomic mass is 16.5. The van der Waals surface area contributed by atoms with Crippen LogP contribution in [0.25, 0.3) is 10.8 Å². The Labute approximate surface area is 125 Å². The summed E-state index contributed by atoms with van der Waals surface area (Å²) in [5, 5.41) is 15.8. The maximum Gasteiger partial charge on any atom is 0.119 e. The second-order valence-corrected chi connectivity index (χ2v) is 6.55. The van der Waals surface area contributed by atoms with E-state index in [1.807, 2.05) is 6.07 Å². The molecule has 3 heteroatoms. The van der Waals surface area contributed by atoms with Gasteiger partial charge in [-0.25, -0.2) is 0 Å². The highest BCUT2D eigenvalue weighted by Crippen LogP contribution is 2.40. The van der Waals surface area contributed by atoms with Gasteiger partial charge in [0.15, 0.2) is 0 Å². The molecule has 0 saturated heterocycles. The van der Waals surface area contributed by atoms with Gasteiger partial charge in [0.1, 0.15) is 5.75 Å². The molecule has 2 N–H and O–H groups in total. The lowest BCUT2D eigenvalue weighted by atomic mass is 9.64. The number of fused-ring (bicyclic) bond motifs is 1. The van der Waals surface area contributed by atoms with E-state index in [4.69, 9.17) is 4.74 Å². The molecule has 2 atom stereocenters. The van der Waals surface area contributed by atoms with E-state index in [1.165, 1.54) is 16.3 Å². The van der Waals surface area contributed by atoms with Crippen molar-refractivity contribution >= 4 is 10.8 Å². The van der Waals surface area contributed by atoms with E-state index in [1.54, 1.807) is 7.11 Å². The normalized spacial score (nSPS) is 23.8. The second kappa shape index (κ2) is 5.32. The molecule has 2 aromatic rings. The maximum atomic E-state index is 9.78. The summed E-state index contributed by atoms with van der Waals surface area (Å²) < 4.78 is 5.25. The lowest BCUT2D eigenvalue weighted by molar-refractivity contribution is -0.0729. The van der Waals surface area contributed by atoms with Crippen LogP contribution in [0.3, 0.4) is 0 Å². The minimum absolute atomic E-state index is 0.0236. The van der Waals surface area contributed by atoms with Crippen LogP contribution in [0, 0.1) is 5.41 Å². The highest BCUT2D eigenvalue weighted by molar-refractivity contribution is 5.84. The number of aliphatic hydroxyl groups excluding tert-OH is 1. The minimum Gasteiger partial charge on any atom is -0.497 e. The molecule has 112 valence electrons. The Bertz CT molecular complexity index is 651. The number of nitrogens with one attached hydrogen (secondary N) is 1. The number of methoxy groups -OCH3 is 1. The topological polar surface area (TPSA) is 41.5 Å². The largest absolute Gasteiger partial charge is 0.497 e. The first-order valence-electron chi connectivity index (χ1n) is 7.49. The molecule has 3 nitrogen and oxygen atoms in total. The van der Waals surface area contributed by atoms with Gasteiger partial charge in [0.25, 0.3) is 0 Å². The first-order valence-corrected chi connectivity index (χ1v) is 7.49. The van der Waals surface area contributed by atoms with Crippen molar-refractivity contribution in [2.24, 2.45) is 5.41 Å². The first kappa shape index (κ1) is 14.4. The van der Waals surface area contributed by atoms with Gasteiger partial charge < -0.3 is 15.2 Å². The van der Waals surface area contributed by atoms with Crippen LogP contribution in [0.15, 0.2) is 36.4 Å². The Balaban J connectivity index is 1.71. The third-order valence-electron chi connectivity index (χ3n) is 4.88. The van der Waals surface area contributed by atoms with E-state index in [9.17, 15) is 5.11 Å². The Morgan fingerprint density at radius 2 is 1.90 bits per heavy atom. The Hall–Kier alpha value is -1.58. The average molecular weight is 285 g/mol. The number of rotatable bonds is 4. The summed E-state index contributed by atoms with van der Waals surface area (Å²) in [6, 6.07) is 13.0. The Morgan fingerprint density at radius 3 is 2.57 bits per heavy atom. The monoisotopic (exact) mass is 285 g/mol. The van der Waals surface area contributed by atoms with Crippen molar-refractivity contribution in [3.8, 4) is 5.75 Å². The van der Waals surface area contributed by atoms with Gasteiger partial charge in [-0.1, -0.05) is 32.0 Å². The van der Waals surface area contributed by atoms with Crippen molar-refractivity contribution in [1.29, 1.82) is 0 Å². The van der Waals surface area contributed by atoms with Crippen LogP contribution in [0.2, 0.25) is 0 Å². The van der Waals surface area contributed by atoms with E-state index in [2.05, 4.69) is 49.5 Å². The lowest BCUT2D eigenvalue weighted by Crippen LogP contribution is -2.59. The van der Waals surface area contributed by atoms with Crippen molar-refractivity contribution < 1.29 is 9.84 Å².